The Hall–Kier alpha value is -0.179. The topological polar surface area (TPSA) is 78.2 Å². The normalized spacial score (nSPS) is 20.2. The monoisotopic (exact) mass is 495 g/mol. The Labute approximate surface area is 191 Å². The molecule has 0 aromatic rings. The Kier molecular flexibility index (Phi) is 11.5. The van der Waals surface area contributed by atoms with Crippen molar-refractivity contribution in [1.82, 2.24) is 0 Å². The van der Waals surface area contributed by atoms with Crippen molar-refractivity contribution in [1.29, 1.82) is 0 Å². The average Bonchev–Trinajstić information content (AvgIpc) is 2.49. The molecule has 1 saturated heterocycles. The molecule has 0 N–H and O–H groups in total. The first-order valence-corrected chi connectivity index (χ1v) is 16.3. The fourth-order valence-corrected chi connectivity index (χ4v) is 15.4. The van der Waals surface area contributed by atoms with Crippen LogP contribution in [0.15, 0.2) is 0 Å². The highest BCUT2D eigenvalue weighted by Crippen LogP contribution is 2.39. The molecule has 0 aromatic heterocycles. The molecule has 1 aliphatic rings. The standard InChI is InChI=1S/C19H41NO8Si3/c1-15(2)21-29(14-12-13-20-11)26-30(22-16(3)4,23-17(5)6)28-31(27-29,24-18(7)8)25-19(9)10/h15-19H,12-14H2,1-10H3. The quantitative estimate of drug-likeness (QED) is 0.213. The van der Waals surface area contributed by atoms with Crippen LogP contribution in [0.4, 0.5) is 0 Å². The van der Waals surface area contributed by atoms with Gasteiger partial charge in [0.1, 0.15) is 0 Å². The Morgan fingerprint density at radius 2 is 0.968 bits per heavy atom. The van der Waals surface area contributed by atoms with Crippen LogP contribution in [-0.4, -0.2) is 64.0 Å². The van der Waals surface area contributed by atoms with Crippen LogP contribution in [0, 0.1) is 6.57 Å². The van der Waals surface area contributed by atoms with E-state index < -0.39 is 26.9 Å². The third-order valence-corrected chi connectivity index (χ3v) is 14.8. The lowest BCUT2D eigenvalue weighted by molar-refractivity contribution is -0.110. The molecule has 0 amide bonds. The van der Waals surface area contributed by atoms with Gasteiger partial charge in [-0.2, -0.15) is 0 Å². The highest BCUT2D eigenvalue weighted by atomic mass is 28.6. The second-order valence-corrected chi connectivity index (χ2v) is 16.3. The lowest BCUT2D eigenvalue weighted by Crippen LogP contribution is -2.76. The van der Waals surface area contributed by atoms with Crippen molar-refractivity contribution in [3.8, 4) is 0 Å². The maximum absolute atomic E-state index is 7.16. The smallest absolute Gasteiger partial charge is 0.372 e. The van der Waals surface area contributed by atoms with E-state index in [0.717, 1.165) is 0 Å². The van der Waals surface area contributed by atoms with E-state index in [2.05, 4.69) is 4.85 Å². The van der Waals surface area contributed by atoms with E-state index in [0.29, 0.717) is 19.0 Å². The fourth-order valence-electron chi connectivity index (χ4n) is 2.94. The van der Waals surface area contributed by atoms with Crippen molar-refractivity contribution < 1.29 is 34.5 Å². The van der Waals surface area contributed by atoms with Crippen molar-refractivity contribution in [3.05, 3.63) is 11.4 Å². The van der Waals surface area contributed by atoms with Gasteiger partial charge in [0.2, 0.25) is 6.54 Å². The molecule has 1 fully saturated rings. The molecular weight excluding hydrogens is 454 g/mol. The van der Waals surface area contributed by atoms with Gasteiger partial charge in [-0.15, -0.1) is 0 Å². The minimum atomic E-state index is -3.79. The van der Waals surface area contributed by atoms with Crippen molar-refractivity contribution >= 4 is 26.9 Å². The highest BCUT2D eigenvalue weighted by molar-refractivity contribution is 6.85. The molecule has 31 heavy (non-hydrogen) atoms. The number of nitrogens with zero attached hydrogens (tertiary/aromatic N) is 1. The van der Waals surface area contributed by atoms with E-state index in [1.165, 1.54) is 0 Å². The van der Waals surface area contributed by atoms with Crippen LogP contribution in [0.5, 0.6) is 0 Å². The third-order valence-electron chi connectivity index (χ3n) is 3.50. The predicted molar refractivity (Wildman–Crippen MR) is 123 cm³/mol. The minimum Gasteiger partial charge on any atom is -0.372 e. The van der Waals surface area contributed by atoms with Crippen LogP contribution in [0.1, 0.15) is 75.7 Å². The zero-order valence-electron chi connectivity index (χ0n) is 20.7. The molecule has 0 atom stereocenters. The van der Waals surface area contributed by atoms with Gasteiger partial charge in [0.05, 0.1) is 0 Å². The first kappa shape index (κ1) is 28.9. The van der Waals surface area contributed by atoms with Crippen molar-refractivity contribution in [2.75, 3.05) is 6.54 Å². The van der Waals surface area contributed by atoms with E-state index in [1.807, 2.05) is 69.2 Å². The molecule has 0 saturated carbocycles. The Morgan fingerprint density at radius 1 is 0.613 bits per heavy atom. The minimum absolute atomic E-state index is 0.188. The second kappa shape index (κ2) is 12.3. The lowest BCUT2D eigenvalue weighted by atomic mass is 10.5. The Balaban J connectivity index is 3.60. The molecule has 9 nitrogen and oxygen atoms in total. The zero-order chi connectivity index (χ0) is 23.9. The summed E-state index contributed by atoms with van der Waals surface area (Å²) in [6.45, 7) is 26.5. The summed E-state index contributed by atoms with van der Waals surface area (Å²) in [5.41, 5.74) is 0. The van der Waals surface area contributed by atoms with Crippen LogP contribution < -0.4 is 0 Å². The SMILES string of the molecule is [C-]#[N+]CCC[Si]1(OC(C)C)O[Si](OC(C)C)(OC(C)C)O[Si](OC(C)C)(OC(C)C)O1. The summed E-state index contributed by atoms with van der Waals surface area (Å²) in [6, 6.07) is 0.409. The van der Waals surface area contributed by atoms with E-state index in [4.69, 9.17) is 41.0 Å². The maximum Gasteiger partial charge on any atom is 0.666 e. The van der Waals surface area contributed by atoms with Crippen molar-refractivity contribution in [2.45, 2.75) is 112 Å². The van der Waals surface area contributed by atoms with E-state index in [1.54, 1.807) is 0 Å². The van der Waals surface area contributed by atoms with E-state index in [-0.39, 0.29) is 30.5 Å². The molecule has 0 bridgehead atoms. The van der Waals surface area contributed by atoms with Gasteiger partial charge in [0, 0.05) is 43.0 Å². The summed E-state index contributed by atoms with van der Waals surface area (Å²) in [4.78, 5) is 3.47. The summed E-state index contributed by atoms with van der Waals surface area (Å²) >= 11 is 0. The molecule has 0 unspecified atom stereocenters. The molecular formula is C19H41NO8Si3. The highest BCUT2D eigenvalue weighted by Gasteiger charge is 2.73. The van der Waals surface area contributed by atoms with Gasteiger partial charge >= 0.3 is 26.9 Å². The number of hydrogen-bond acceptors (Lipinski definition) is 8. The zero-order valence-corrected chi connectivity index (χ0v) is 23.7. The predicted octanol–water partition coefficient (Wildman–Crippen LogP) is 4.29. The molecule has 0 aliphatic carbocycles. The van der Waals surface area contributed by atoms with Crippen LogP contribution in [0.3, 0.4) is 0 Å². The van der Waals surface area contributed by atoms with E-state index >= 15 is 0 Å². The van der Waals surface area contributed by atoms with Gasteiger partial charge < -0.3 is 39.3 Å². The van der Waals surface area contributed by atoms with Gasteiger partial charge in [-0.05, 0) is 69.2 Å². The summed E-state index contributed by atoms with van der Waals surface area (Å²) < 4.78 is 50.6. The van der Waals surface area contributed by atoms with E-state index in [9.17, 15) is 0 Å². The van der Waals surface area contributed by atoms with Gasteiger partial charge in [-0.1, -0.05) is 0 Å². The molecule has 1 aliphatic heterocycles. The van der Waals surface area contributed by atoms with Crippen LogP contribution in [0.25, 0.3) is 4.85 Å². The summed E-state index contributed by atoms with van der Waals surface area (Å²) in [6.07, 6.45) is -0.578. The Bertz CT molecular complexity index is 531. The van der Waals surface area contributed by atoms with Crippen LogP contribution in [0.2, 0.25) is 6.04 Å². The molecule has 182 valence electrons. The van der Waals surface area contributed by atoms with Gasteiger partial charge in [-0.25, -0.2) is 6.57 Å². The Morgan fingerprint density at radius 3 is 1.26 bits per heavy atom. The third kappa shape index (κ3) is 9.68. The largest absolute Gasteiger partial charge is 0.666 e. The lowest BCUT2D eigenvalue weighted by Gasteiger charge is -2.49. The number of rotatable bonds is 13. The summed E-state index contributed by atoms with van der Waals surface area (Å²) in [7, 11) is -11.1. The first-order chi connectivity index (χ1) is 14.3. The van der Waals surface area contributed by atoms with Crippen LogP contribution >= 0.6 is 0 Å². The second-order valence-electron chi connectivity index (χ2n) is 8.81. The fraction of sp³-hybridized carbons (Fsp3) is 0.947. The van der Waals surface area contributed by atoms with Gasteiger partial charge in [0.25, 0.3) is 0 Å². The maximum atomic E-state index is 7.16. The molecule has 0 spiro atoms. The molecule has 12 heteroatoms. The van der Waals surface area contributed by atoms with Crippen LogP contribution in [-0.2, 0) is 34.5 Å². The van der Waals surface area contributed by atoms with Gasteiger partial charge in [-0.3, -0.25) is 0 Å². The van der Waals surface area contributed by atoms with Crippen molar-refractivity contribution in [3.63, 3.8) is 0 Å². The molecule has 1 heterocycles. The number of hydrogen-bond donors (Lipinski definition) is 0. The van der Waals surface area contributed by atoms with Gasteiger partial charge in [0.15, 0.2) is 0 Å². The summed E-state index contributed by atoms with van der Waals surface area (Å²) in [5, 5.41) is 0. The molecule has 1 rings (SSSR count). The molecule has 0 radical (unpaired) electrons. The summed E-state index contributed by atoms with van der Waals surface area (Å²) in [5.74, 6) is 0. The first-order valence-electron chi connectivity index (χ1n) is 11.1. The molecule has 0 aromatic carbocycles. The van der Waals surface area contributed by atoms with Crippen molar-refractivity contribution in [2.24, 2.45) is 0 Å². The average molecular weight is 496 g/mol.